The van der Waals surface area contributed by atoms with Gasteiger partial charge in [-0.1, -0.05) is 97.3 Å². The summed E-state index contributed by atoms with van der Waals surface area (Å²) in [4.78, 5) is 26.0. The molecule has 0 saturated carbocycles. The zero-order valence-corrected chi connectivity index (χ0v) is 19.8. The molecule has 0 spiro atoms. The second-order valence-corrected chi connectivity index (χ2v) is 8.73. The molecule has 0 aromatic rings. The second kappa shape index (κ2) is 18.5. The number of unbranched alkanes of at least 4 members (excludes halogenated alkanes) is 13. The van der Waals surface area contributed by atoms with Crippen LogP contribution < -0.4 is 0 Å². The van der Waals surface area contributed by atoms with Crippen molar-refractivity contribution >= 4 is 12.1 Å². The van der Waals surface area contributed by atoms with E-state index in [-0.39, 0.29) is 12.1 Å². The fourth-order valence-corrected chi connectivity index (χ4v) is 4.01. The molecule has 30 heavy (non-hydrogen) atoms. The van der Waals surface area contributed by atoms with E-state index in [2.05, 4.69) is 13.8 Å². The monoisotopic (exact) mass is 425 g/mol. The first-order chi connectivity index (χ1) is 14.7. The number of nitrogens with zero attached hydrogens (tertiary/aromatic N) is 1. The summed E-state index contributed by atoms with van der Waals surface area (Å²) in [6, 6.07) is -0.457. The van der Waals surface area contributed by atoms with Gasteiger partial charge < -0.3 is 9.47 Å². The molecular formula is C25H47NO4. The molecule has 1 aliphatic rings. The molecule has 0 aromatic carbocycles. The van der Waals surface area contributed by atoms with Crippen molar-refractivity contribution in [3.8, 4) is 0 Å². The molecular weight excluding hydrogens is 378 g/mol. The van der Waals surface area contributed by atoms with Crippen LogP contribution in [0.5, 0.6) is 0 Å². The molecule has 1 saturated heterocycles. The number of likely N-dealkylation sites (tertiary alicyclic amines) is 1. The van der Waals surface area contributed by atoms with Crippen LogP contribution in [0.15, 0.2) is 0 Å². The maximum Gasteiger partial charge on any atom is 0.410 e. The van der Waals surface area contributed by atoms with Crippen molar-refractivity contribution in [2.24, 2.45) is 0 Å². The summed E-state index contributed by atoms with van der Waals surface area (Å²) in [7, 11) is 0. The standard InChI is InChI=1S/C25H47NO4/c1-3-5-7-8-9-10-11-12-13-14-15-16-17-22-29-24(27)23-19-18-20-26(23)25(28)30-21-6-4-2/h23H,3-22H2,1-2H3/t23-/m0/s1. The molecule has 1 amide bonds. The van der Waals surface area contributed by atoms with E-state index in [0.717, 1.165) is 32.1 Å². The van der Waals surface area contributed by atoms with E-state index in [1.54, 1.807) is 4.90 Å². The lowest BCUT2D eigenvalue weighted by Crippen LogP contribution is -2.41. The van der Waals surface area contributed by atoms with E-state index < -0.39 is 6.04 Å². The van der Waals surface area contributed by atoms with Gasteiger partial charge in [0, 0.05) is 6.54 Å². The number of esters is 1. The molecule has 1 fully saturated rings. The van der Waals surface area contributed by atoms with Crippen molar-refractivity contribution in [3.63, 3.8) is 0 Å². The summed E-state index contributed by atoms with van der Waals surface area (Å²) >= 11 is 0. The molecule has 1 aliphatic heterocycles. The fraction of sp³-hybridized carbons (Fsp3) is 0.920. The molecule has 5 nitrogen and oxygen atoms in total. The van der Waals surface area contributed by atoms with Crippen LogP contribution in [-0.2, 0) is 14.3 Å². The zero-order chi connectivity index (χ0) is 21.9. The average molecular weight is 426 g/mol. The number of hydrogen-bond acceptors (Lipinski definition) is 4. The smallest absolute Gasteiger partial charge is 0.410 e. The van der Waals surface area contributed by atoms with Gasteiger partial charge in [0.1, 0.15) is 6.04 Å². The molecule has 176 valence electrons. The summed E-state index contributed by atoms with van der Waals surface area (Å²) in [5.41, 5.74) is 0. The molecule has 1 rings (SSSR count). The van der Waals surface area contributed by atoms with E-state index in [1.165, 1.54) is 70.6 Å². The predicted molar refractivity (Wildman–Crippen MR) is 123 cm³/mol. The van der Waals surface area contributed by atoms with Crippen molar-refractivity contribution < 1.29 is 19.1 Å². The van der Waals surface area contributed by atoms with Crippen LogP contribution in [0.25, 0.3) is 0 Å². The summed E-state index contributed by atoms with van der Waals surface area (Å²) < 4.78 is 10.7. The highest BCUT2D eigenvalue weighted by atomic mass is 16.6. The molecule has 0 radical (unpaired) electrons. The van der Waals surface area contributed by atoms with Gasteiger partial charge in [-0.2, -0.15) is 0 Å². The van der Waals surface area contributed by atoms with E-state index >= 15 is 0 Å². The third kappa shape index (κ3) is 12.4. The van der Waals surface area contributed by atoms with Crippen LogP contribution in [0.1, 0.15) is 123 Å². The van der Waals surface area contributed by atoms with Crippen LogP contribution in [0.4, 0.5) is 4.79 Å². The van der Waals surface area contributed by atoms with Crippen molar-refractivity contribution in [2.75, 3.05) is 19.8 Å². The highest BCUT2D eigenvalue weighted by molar-refractivity contribution is 5.82. The van der Waals surface area contributed by atoms with Gasteiger partial charge in [0.2, 0.25) is 0 Å². The average Bonchev–Trinajstić information content (AvgIpc) is 3.24. The Morgan fingerprint density at radius 3 is 1.77 bits per heavy atom. The Labute approximate surface area is 185 Å². The van der Waals surface area contributed by atoms with Crippen LogP contribution in [-0.4, -0.2) is 42.8 Å². The third-order valence-corrected chi connectivity index (χ3v) is 5.98. The lowest BCUT2D eigenvalue weighted by molar-refractivity contribution is -0.148. The normalized spacial score (nSPS) is 16.1. The van der Waals surface area contributed by atoms with Crippen molar-refractivity contribution in [2.45, 2.75) is 129 Å². The number of hydrogen-bond donors (Lipinski definition) is 0. The molecule has 0 N–H and O–H groups in total. The van der Waals surface area contributed by atoms with Crippen molar-refractivity contribution in [3.05, 3.63) is 0 Å². The van der Waals surface area contributed by atoms with Gasteiger partial charge in [0.15, 0.2) is 0 Å². The predicted octanol–water partition coefficient (Wildman–Crippen LogP) is 7.02. The largest absolute Gasteiger partial charge is 0.464 e. The molecule has 0 aliphatic carbocycles. The van der Waals surface area contributed by atoms with Crippen LogP contribution in [0.3, 0.4) is 0 Å². The van der Waals surface area contributed by atoms with E-state index in [1.807, 2.05) is 0 Å². The highest BCUT2D eigenvalue weighted by Gasteiger charge is 2.36. The lowest BCUT2D eigenvalue weighted by atomic mass is 10.0. The number of rotatable bonds is 18. The van der Waals surface area contributed by atoms with Crippen LogP contribution in [0, 0.1) is 0 Å². The first-order valence-electron chi connectivity index (χ1n) is 12.8. The van der Waals surface area contributed by atoms with Gasteiger partial charge in [-0.15, -0.1) is 0 Å². The number of carbonyl (C=O) groups is 2. The summed E-state index contributed by atoms with van der Waals surface area (Å²) in [6.45, 7) is 5.79. The van der Waals surface area contributed by atoms with Gasteiger partial charge in [0.05, 0.1) is 13.2 Å². The number of amides is 1. The SMILES string of the molecule is CCCCCCCCCCCCCCCOC(=O)[C@@H]1CCCN1C(=O)OCCCC. The molecule has 1 heterocycles. The molecule has 1 atom stereocenters. The van der Waals surface area contributed by atoms with E-state index in [0.29, 0.717) is 26.2 Å². The minimum atomic E-state index is -0.457. The Morgan fingerprint density at radius 1 is 0.700 bits per heavy atom. The lowest BCUT2D eigenvalue weighted by Gasteiger charge is -2.22. The maximum atomic E-state index is 12.3. The maximum absolute atomic E-state index is 12.3. The topological polar surface area (TPSA) is 55.8 Å². The van der Waals surface area contributed by atoms with E-state index in [4.69, 9.17) is 9.47 Å². The highest BCUT2D eigenvalue weighted by Crippen LogP contribution is 2.20. The first-order valence-corrected chi connectivity index (χ1v) is 12.8. The molecule has 5 heteroatoms. The second-order valence-electron chi connectivity index (χ2n) is 8.73. The van der Waals surface area contributed by atoms with Crippen molar-refractivity contribution in [1.29, 1.82) is 0 Å². The Morgan fingerprint density at radius 2 is 1.20 bits per heavy atom. The quantitative estimate of drug-likeness (QED) is 0.175. The van der Waals surface area contributed by atoms with Crippen LogP contribution >= 0.6 is 0 Å². The summed E-state index contributed by atoms with van der Waals surface area (Å²) in [6.07, 6.45) is 19.9. The van der Waals surface area contributed by atoms with Gasteiger partial charge in [-0.3, -0.25) is 4.90 Å². The first kappa shape index (κ1) is 26.8. The molecule has 0 aromatic heterocycles. The molecule has 0 bridgehead atoms. The van der Waals surface area contributed by atoms with Gasteiger partial charge in [-0.05, 0) is 25.7 Å². The Hall–Kier alpha value is -1.26. The minimum absolute atomic E-state index is 0.265. The van der Waals surface area contributed by atoms with Gasteiger partial charge >= 0.3 is 12.1 Å². The summed E-state index contributed by atoms with van der Waals surface area (Å²) in [5.74, 6) is -0.265. The minimum Gasteiger partial charge on any atom is -0.464 e. The van der Waals surface area contributed by atoms with Crippen molar-refractivity contribution in [1.82, 2.24) is 4.90 Å². The summed E-state index contributed by atoms with van der Waals surface area (Å²) in [5, 5.41) is 0. The zero-order valence-electron chi connectivity index (χ0n) is 19.8. The Balaban J connectivity index is 1.97. The molecule has 0 unspecified atom stereocenters. The number of ether oxygens (including phenoxy) is 2. The van der Waals surface area contributed by atoms with Crippen LogP contribution in [0.2, 0.25) is 0 Å². The fourth-order valence-electron chi connectivity index (χ4n) is 4.01. The Bertz CT molecular complexity index is 441. The number of carbonyl (C=O) groups excluding carboxylic acids is 2. The van der Waals surface area contributed by atoms with Gasteiger partial charge in [0.25, 0.3) is 0 Å². The third-order valence-electron chi connectivity index (χ3n) is 5.98. The van der Waals surface area contributed by atoms with E-state index in [9.17, 15) is 9.59 Å². The van der Waals surface area contributed by atoms with Gasteiger partial charge in [-0.25, -0.2) is 9.59 Å². The Kier molecular flexibility index (Phi) is 16.5.